The van der Waals surface area contributed by atoms with Crippen molar-refractivity contribution in [2.75, 3.05) is 31.6 Å². The molecule has 0 unspecified atom stereocenters. The van der Waals surface area contributed by atoms with Gasteiger partial charge in [0.15, 0.2) is 0 Å². The minimum atomic E-state index is -3.74. The topological polar surface area (TPSA) is 131 Å². The van der Waals surface area contributed by atoms with E-state index in [2.05, 4.69) is 20.8 Å². The standard InChI is InChI=1S/C21H29N5O5S2/c1-13(2)17(19(28)23-21-25-24-20(32-21)14(3)4)22-18(27)15-6-5-7-16(12-15)33(29,30)26-8-10-31-11-9-26/h5-7,12-14,17H,8-11H2,1-4H3,(H,22,27)(H,23,25,28)/t17-/m0/s1. The van der Waals surface area contributed by atoms with Crippen LogP contribution in [-0.4, -0.2) is 67.1 Å². The van der Waals surface area contributed by atoms with Gasteiger partial charge in [0.25, 0.3) is 5.91 Å². The Hall–Kier alpha value is -2.41. The van der Waals surface area contributed by atoms with Crippen LogP contribution in [0.3, 0.4) is 0 Å². The predicted octanol–water partition coefficient (Wildman–Crippen LogP) is 2.08. The third-order valence-electron chi connectivity index (χ3n) is 5.10. The lowest BCUT2D eigenvalue weighted by Gasteiger charge is -2.26. The van der Waals surface area contributed by atoms with Crippen molar-refractivity contribution in [3.8, 4) is 0 Å². The zero-order valence-electron chi connectivity index (χ0n) is 19.1. The number of benzene rings is 1. The van der Waals surface area contributed by atoms with Gasteiger partial charge in [-0.2, -0.15) is 4.31 Å². The summed E-state index contributed by atoms with van der Waals surface area (Å²) in [4.78, 5) is 25.8. The van der Waals surface area contributed by atoms with Crippen LogP contribution in [-0.2, 0) is 19.6 Å². The Kier molecular flexibility index (Phi) is 8.16. The molecular weight excluding hydrogens is 466 g/mol. The van der Waals surface area contributed by atoms with E-state index in [0.717, 1.165) is 5.01 Å². The molecular formula is C21H29N5O5S2. The van der Waals surface area contributed by atoms with Gasteiger partial charge in [0.05, 0.1) is 18.1 Å². The van der Waals surface area contributed by atoms with E-state index in [1.165, 1.54) is 39.9 Å². The summed E-state index contributed by atoms with van der Waals surface area (Å²) in [6, 6.07) is 4.97. The van der Waals surface area contributed by atoms with Gasteiger partial charge < -0.3 is 10.1 Å². The van der Waals surface area contributed by atoms with Crippen molar-refractivity contribution in [2.24, 2.45) is 5.92 Å². The molecule has 180 valence electrons. The second-order valence-corrected chi connectivity index (χ2v) is 11.3. The number of rotatable bonds is 8. The van der Waals surface area contributed by atoms with Crippen molar-refractivity contribution in [1.82, 2.24) is 19.8 Å². The average Bonchev–Trinajstić information content (AvgIpc) is 3.26. The Morgan fingerprint density at radius 3 is 2.42 bits per heavy atom. The zero-order valence-corrected chi connectivity index (χ0v) is 20.7. The number of morpholine rings is 1. The third-order valence-corrected chi connectivity index (χ3v) is 8.14. The highest BCUT2D eigenvalue weighted by molar-refractivity contribution is 7.89. The SMILES string of the molecule is CC(C)c1nnc(NC(=O)[C@@H](NC(=O)c2cccc(S(=O)(=O)N3CCOCC3)c2)C(C)C)s1. The van der Waals surface area contributed by atoms with E-state index in [4.69, 9.17) is 4.74 Å². The third kappa shape index (κ3) is 6.14. The van der Waals surface area contributed by atoms with Crippen LogP contribution in [0.5, 0.6) is 0 Å². The van der Waals surface area contributed by atoms with Crippen LogP contribution in [0.1, 0.15) is 49.0 Å². The van der Waals surface area contributed by atoms with Crippen molar-refractivity contribution < 1.29 is 22.7 Å². The van der Waals surface area contributed by atoms with Crippen molar-refractivity contribution in [3.63, 3.8) is 0 Å². The monoisotopic (exact) mass is 495 g/mol. The Balaban J connectivity index is 1.73. The van der Waals surface area contributed by atoms with Gasteiger partial charge in [-0.3, -0.25) is 14.9 Å². The van der Waals surface area contributed by atoms with E-state index in [1.54, 1.807) is 0 Å². The highest BCUT2D eigenvalue weighted by Gasteiger charge is 2.29. The largest absolute Gasteiger partial charge is 0.379 e. The zero-order chi connectivity index (χ0) is 24.2. The number of anilines is 1. The summed E-state index contributed by atoms with van der Waals surface area (Å²) in [5.41, 5.74) is 0.154. The van der Waals surface area contributed by atoms with Crippen LogP contribution in [0.2, 0.25) is 0 Å². The number of hydrogen-bond acceptors (Lipinski definition) is 8. The molecule has 10 nitrogen and oxygen atoms in total. The summed E-state index contributed by atoms with van der Waals surface area (Å²) in [5, 5.41) is 14.6. The van der Waals surface area contributed by atoms with Gasteiger partial charge >= 0.3 is 0 Å². The first-order valence-electron chi connectivity index (χ1n) is 10.7. The second-order valence-electron chi connectivity index (χ2n) is 8.33. The van der Waals surface area contributed by atoms with Crippen molar-refractivity contribution in [1.29, 1.82) is 0 Å². The molecule has 2 amide bonds. The number of nitrogens with one attached hydrogen (secondary N) is 2. The molecule has 1 atom stereocenters. The number of carbonyl (C=O) groups excluding carboxylic acids is 2. The lowest BCUT2D eigenvalue weighted by atomic mass is 10.0. The first-order valence-corrected chi connectivity index (χ1v) is 13.0. The molecule has 3 rings (SSSR count). The number of nitrogens with zero attached hydrogens (tertiary/aromatic N) is 3. The predicted molar refractivity (Wildman–Crippen MR) is 125 cm³/mol. The van der Waals surface area contributed by atoms with Gasteiger partial charge in [-0.15, -0.1) is 10.2 Å². The molecule has 1 aliphatic rings. The summed E-state index contributed by atoms with van der Waals surface area (Å²) in [7, 11) is -3.74. The van der Waals surface area contributed by atoms with E-state index in [0.29, 0.717) is 18.3 Å². The Bertz CT molecular complexity index is 1090. The van der Waals surface area contributed by atoms with Gasteiger partial charge in [0.1, 0.15) is 11.0 Å². The van der Waals surface area contributed by atoms with E-state index < -0.39 is 27.9 Å². The molecule has 0 aliphatic carbocycles. The van der Waals surface area contributed by atoms with Gasteiger partial charge in [-0.25, -0.2) is 8.42 Å². The summed E-state index contributed by atoms with van der Waals surface area (Å²) in [5.74, 6) is -0.980. The minimum Gasteiger partial charge on any atom is -0.379 e. The molecule has 33 heavy (non-hydrogen) atoms. The van der Waals surface area contributed by atoms with Gasteiger partial charge in [-0.1, -0.05) is 45.1 Å². The molecule has 1 saturated heterocycles. The molecule has 1 aliphatic heterocycles. The van der Waals surface area contributed by atoms with E-state index in [-0.39, 0.29) is 35.4 Å². The molecule has 2 N–H and O–H groups in total. The maximum atomic E-state index is 12.9. The van der Waals surface area contributed by atoms with E-state index >= 15 is 0 Å². The highest BCUT2D eigenvalue weighted by atomic mass is 32.2. The Morgan fingerprint density at radius 2 is 1.82 bits per heavy atom. The number of amides is 2. The number of hydrogen-bond donors (Lipinski definition) is 2. The van der Waals surface area contributed by atoms with Crippen LogP contribution in [0.4, 0.5) is 5.13 Å². The average molecular weight is 496 g/mol. The van der Waals surface area contributed by atoms with Gasteiger partial charge in [-0.05, 0) is 24.1 Å². The van der Waals surface area contributed by atoms with E-state index in [1.807, 2.05) is 27.7 Å². The van der Waals surface area contributed by atoms with Crippen LogP contribution in [0, 0.1) is 5.92 Å². The fourth-order valence-electron chi connectivity index (χ4n) is 3.19. The molecule has 0 spiro atoms. The Morgan fingerprint density at radius 1 is 1.12 bits per heavy atom. The lowest BCUT2D eigenvalue weighted by Crippen LogP contribution is -2.47. The molecule has 0 bridgehead atoms. The highest BCUT2D eigenvalue weighted by Crippen LogP contribution is 2.23. The number of ether oxygens (including phenoxy) is 1. The van der Waals surface area contributed by atoms with Gasteiger partial charge in [0.2, 0.25) is 21.1 Å². The molecule has 0 radical (unpaired) electrons. The van der Waals surface area contributed by atoms with Crippen molar-refractivity contribution >= 4 is 38.3 Å². The number of sulfonamides is 1. The van der Waals surface area contributed by atoms with E-state index in [9.17, 15) is 18.0 Å². The molecule has 1 aromatic carbocycles. The second kappa shape index (κ2) is 10.7. The van der Waals surface area contributed by atoms with Crippen LogP contribution < -0.4 is 10.6 Å². The smallest absolute Gasteiger partial charge is 0.251 e. The van der Waals surface area contributed by atoms with Crippen molar-refractivity contribution in [2.45, 2.75) is 44.6 Å². The number of aromatic nitrogens is 2. The fourth-order valence-corrected chi connectivity index (χ4v) is 5.40. The lowest BCUT2D eigenvalue weighted by molar-refractivity contribution is -0.118. The molecule has 1 fully saturated rings. The molecule has 1 aromatic heterocycles. The Labute approximate surface area is 197 Å². The van der Waals surface area contributed by atoms with Gasteiger partial charge in [0, 0.05) is 24.6 Å². The first kappa shape index (κ1) is 25.2. The van der Waals surface area contributed by atoms with Crippen LogP contribution in [0.25, 0.3) is 0 Å². The fraction of sp³-hybridized carbons (Fsp3) is 0.524. The summed E-state index contributed by atoms with van der Waals surface area (Å²) in [6.45, 7) is 8.77. The normalized spacial score (nSPS) is 16.1. The summed E-state index contributed by atoms with van der Waals surface area (Å²) in [6.07, 6.45) is 0. The maximum Gasteiger partial charge on any atom is 0.251 e. The minimum absolute atomic E-state index is 0.0256. The molecule has 2 heterocycles. The molecule has 12 heteroatoms. The summed E-state index contributed by atoms with van der Waals surface area (Å²) >= 11 is 1.28. The van der Waals surface area contributed by atoms with Crippen LogP contribution >= 0.6 is 11.3 Å². The first-order chi connectivity index (χ1) is 15.6. The van der Waals surface area contributed by atoms with Crippen molar-refractivity contribution in [3.05, 3.63) is 34.8 Å². The summed E-state index contributed by atoms with van der Waals surface area (Å²) < 4.78 is 32.4. The van der Waals surface area contributed by atoms with Crippen LogP contribution in [0.15, 0.2) is 29.2 Å². The maximum absolute atomic E-state index is 12.9. The quantitative estimate of drug-likeness (QED) is 0.573. The number of carbonyl (C=O) groups is 2. The molecule has 0 saturated carbocycles. The molecule has 2 aromatic rings.